The van der Waals surface area contributed by atoms with Gasteiger partial charge < -0.3 is 20.1 Å². The smallest absolute Gasteiger partial charge is 0.317 e. The molecule has 1 aromatic carbocycles. The molecule has 0 atom stereocenters. The van der Waals surface area contributed by atoms with Gasteiger partial charge >= 0.3 is 6.03 Å². The molecule has 1 fully saturated rings. The minimum Gasteiger partial charge on any atom is -0.339 e. The minimum atomic E-state index is -0.345. The number of rotatable bonds is 8. The number of nitrogens with zero attached hydrogens (tertiary/aromatic N) is 4. The van der Waals surface area contributed by atoms with E-state index in [0.717, 1.165) is 6.42 Å². The van der Waals surface area contributed by atoms with Crippen molar-refractivity contribution in [3.8, 4) is 0 Å². The molecule has 0 saturated carbocycles. The molecular formula is C21H29FN6O3. The predicted octanol–water partition coefficient (Wildman–Crippen LogP) is 2.23. The van der Waals surface area contributed by atoms with Crippen LogP contribution in [-0.4, -0.2) is 71.1 Å². The molecule has 31 heavy (non-hydrogen) atoms. The van der Waals surface area contributed by atoms with Gasteiger partial charge in [-0.3, -0.25) is 9.69 Å². The first kappa shape index (κ1) is 22.7. The number of carbonyl (C=O) groups is 2. The van der Waals surface area contributed by atoms with Crippen LogP contribution in [0.3, 0.4) is 0 Å². The fourth-order valence-electron chi connectivity index (χ4n) is 3.20. The first-order chi connectivity index (χ1) is 14.9. The summed E-state index contributed by atoms with van der Waals surface area (Å²) in [5.41, 5.74) is 0.561. The number of halogens is 1. The van der Waals surface area contributed by atoms with Gasteiger partial charge in [0.25, 0.3) is 0 Å². The summed E-state index contributed by atoms with van der Waals surface area (Å²) in [6.07, 6.45) is 1.34. The molecule has 9 nitrogen and oxygen atoms in total. The zero-order chi connectivity index (χ0) is 22.2. The number of amides is 3. The second-order valence-corrected chi connectivity index (χ2v) is 7.85. The van der Waals surface area contributed by atoms with Gasteiger partial charge in [0.05, 0.1) is 6.54 Å². The third-order valence-electron chi connectivity index (χ3n) is 5.00. The van der Waals surface area contributed by atoms with E-state index in [9.17, 15) is 14.0 Å². The molecule has 0 spiro atoms. The van der Waals surface area contributed by atoms with Crippen LogP contribution >= 0.6 is 0 Å². The number of hydrogen-bond donors (Lipinski definition) is 2. The van der Waals surface area contributed by atoms with Gasteiger partial charge in [-0.25, -0.2) is 9.18 Å². The van der Waals surface area contributed by atoms with Gasteiger partial charge in [-0.2, -0.15) is 4.98 Å². The van der Waals surface area contributed by atoms with E-state index in [4.69, 9.17) is 4.52 Å². The van der Waals surface area contributed by atoms with Crippen LogP contribution in [0.2, 0.25) is 0 Å². The molecule has 2 aromatic rings. The summed E-state index contributed by atoms with van der Waals surface area (Å²) in [5, 5.41) is 9.59. The number of anilines is 1. The van der Waals surface area contributed by atoms with Gasteiger partial charge in [0, 0.05) is 50.7 Å². The molecule has 2 N–H and O–H groups in total. The largest absolute Gasteiger partial charge is 0.339 e. The van der Waals surface area contributed by atoms with Crippen LogP contribution < -0.4 is 10.6 Å². The average Bonchev–Trinajstić information content (AvgIpc) is 3.23. The second kappa shape index (κ2) is 10.9. The first-order valence-corrected chi connectivity index (χ1v) is 10.5. The standard InChI is InChI=1S/C21H29FN6O3/c1-15(2)20-25-19(31-26-20)4-3-9-23-21(30)28-12-10-27(11-13-28)14-18(29)24-17-7-5-16(22)6-8-17/h5-8,15H,3-4,9-14H2,1-2H3,(H,23,30)(H,24,29). The minimum absolute atomic E-state index is 0.108. The van der Waals surface area contributed by atoms with Crippen LogP contribution in [-0.2, 0) is 11.2 Å². The molecule has 1 saturated heterocycles. The molecule has 3 amide bonds. The molecule has 3 rings (SSSR count). The van der Waals surface area contributed by atoms with Crippen molar-refractivity contribution in [2.24, 2.45) is 0 Å². The average molecular weight is 433 g/mol. The van der Waals surface area contributed by atoms with Crippen molar-refractivity contribution in [1.29, 1.82) is 0 Å². The van der Waals surface area contributed by atoms with Gasteiger partial charge in [-0.1, -0.05) is 19.0 Å². The van der Waals surface area contributed by atoms with Gasteiger partial charge in [0.2, 0.25) is 11.8 Å². The van der Waals surface area contributed by atoms with Crippen molar-refractivity contribution in [1.82, 2.24) is 25.3 Å². The number of piperazine rings is 1. The summed E-state index contributed by atoms with van der Waals surface area (Å²) in [6, 6.07) is 5.55. The summed E-state index contributed by atoms with van der Waals surface area (Å²) in [7, 11) is 0. The van der Waals surface area contributed by atoms with Crippen LogP contribution in [0.25, 0.3) is 0 Å². The van der Waals surface area contributed by atoms with E-state index in [2.05, 4.69) is 20.8 Å². The van der Waals surface area contributed by atoms with Crippen molar-refractivity contribution in [3.05, 3.63) is 41.8 Å². The fraction of sp³-hybridized carbons (Fsp3) is 0.524. The van der Waals surface area contributed by atoms with Crippen LogP contribution in [0.4, 0.5) is 14.9 Å². The molecular weight excluding hydrogens is 403 g/mol. The molecule has 1 aliphatic rings. The monoisotopic (exact) mass is 432 g/mol. The van der Waals surface area contributed by atoms with Gasteiger partial charge in [-0.15, -0.1) is 0 Å². The Morgan fingerprint density at radius 2 is 1.87 bits per heavy atom. The topological polar surface area (TPSA) is 104 Å². The Morgan fingerprint density at radius 3 is 2.52 bits per heavy atom. The Labute approximate surface area is 181 Å². The van der Waals surface area contributed by atoms with Gasteiger partial charge in [0.1, 0.15) is 5.82 Å². The molecule has 1 aliphatic heterocycles. The Balaban J connectivity index is 1.30. The number of aromatic nitrogens is 2. The molecule has 10 heteroatoms. The van der Waals surface area contributed by atoms with Gasteiger partial charge in [0.15, 0.2) is 5.82 Å². The summed E-state index contributed by atoms with van der Waals surface area (Å²) in [4.78, 5) is 32.6. The molecule has 168 valence electrons. The lowest BCUT2D eigenvalue weighted by Crippen LogP contribution is -2.53. The van der Waals surface area contributed by atoms with Crippen molar-refractivity contribution < 1.29 is 18.5 Å². The number of urea groups is 1. The maximum absolute atomic E-state index is 12.9. The Bertz CT molecular complexity index is 862. The van der Waals surface area contributed by atoms with E-state index in [1.54, 1.807) is 4.90 Å². The zero-order valence-electron chi connectivity index (χ0n) is 17.9. The highest BCUT2D eigenvalue weighted by Crippen LogP contribution is 2.11. The number of hydrogen-bond acceptors (Lipinski definition) is 6. The number of carbonyl (C=O) groups excluding carboxylic acids is 2. The second-order valence-electron chi connectivity index (χ2n) is 7.85. The molecule has 0 radical (unpaired) electrons. The third kappa shape index (κ3) is 7.02. The molecule has 1 aromatic heterocycles. The highest BCUT2D eigenvalue weighted by molar-refractivity contribution is 5.92. The lowest BCUT2D eigenvalue weighted by atomic mass is 10.2. The van der Waals surface area contributed by atoms with Crippen LogP contribution in [0, 0.1) is 5.82 Å². The maximum atomic E-state index is 12.9. The Hall–Kier alpha value is -3.01. The van der Waals surface area contributed by atoms with Crippen molar-refractivity contribution in [2.45, 2.75) is 32.6 Å². The number of benzene rings is 1. The zero-order valence-corrected chi connectivity index (χ0v) is 17.9. The molecule has 0 unspecified atom stereocenters. The Kier molecular flexibility index (Phi) is 7.94. The SMILES string of the molecule is CC(C)c1noc(CCCNC(=O)N2CCN(CC(=O)Nc3ccc(F)cc3)CC2)n1. The van der Waals surface area contributed by atoms with Gasteiger partial charge in [-0.05, 0) is 30.7 Å². The normalized spacial score (nSPS) is 14.6. The summed E-state index contributed by atoms with van der Waals surface area (Å²) in [5.74, 6) is 1.01. The maximum Gasteiger partial charge on any atom is 0.317 e. The number of nitrogens with one attached hydrogen (secondary N) is 2. The van der Waals surface area contributed by atoms with E-state index in [-0.39, 0.29) is 30.2 Å². The highest BCUT2D eigenvalue weighted by atomic mass is 19.1. The van der Waals surface area contributed by atoms with Crippen molar-refractivity contribution in [3.63, 3.8) is 0 Å². The highest BCUT2D eigenvalue weighted by Gasteiger charge is 2.22. The van der Waals surface area contributed by atoms with E-state index in [1.807, 2.05) is 18.7 Å². The molecule has 2 heterocycles. The van der Waals surface area contributed by atoms with E-state index in [1.165, 1.54) is 24.3 Å². The van der Waals surface area contributed by atoms with E-state index in [0.29, 0.717) is 56.5 Å². The van der Waals surface area contributed by atoms with Crippen LogP contribution in [0.5, 0.6) is 0 Å². The van der Waals surface area contributed by atoms with E-state index < -0.39 is 0 Å². The number of aryl methyl sites for hydroxylation is 1. The van der Waals surface area contributed by atoms with E-state index >= 15 is 0 Å². The lowest BCUT2D eigenvalue weighted by Gasteiger charge is -2.34. The summed E-state index contributed by atoms with van der Waals surface area (Å²) < 4.78 is 18.1. The van der Waals surface area contributed by atoms with Crippen LogP contribution in [0.15, 0.2) is 28.8 Å². The fourth-order valence-corrected chi connectivity index (χ4v) is 3.20. The lowest BCUT2D eigenvalue weighted by molar-refractivity contribution is -0.117. The first-order valence-electron chi connectivity index (χ1n) is 10.5. The Morgan fingerprint density at radius 1 is 1.16 bits per heavy atom. The van der Waals surface area contributed by atoms with Crippen LogP contribution in [0.1, 0.15) is 37.9 Å². The molecule has 0 aliphatic carbocycles. The van der Waals surface area contributed by atoms with Crippen molar-refractivity contribution >= 4 is 17.6 Å². The third-order valence-corrected chi connectivity index (χ3v) is 5.00. The summed E-state index contributed by atoms with van der Waals surface area (Å²) in [6.45, 7) is 7.11. The summed E-state index contributed by atoms with van der Waals surface area (Å²) >= 11 is 0. The quantitative estimate of drug-likeness (QED) is 0.620. The van der Waals surface area contributed by atoms with Crippen molar-refractivity contribution in [2.75, 3.05) is 44.6 Å². The predicted molar refractivity (Wildman–Crippen MR) is 113 cm³/mol. The molecule has 0 bridgehead atoms.